The number of ether oxygens (including phenoxy) is 1. The lowest BCUT2D eigenvalue weighted by Gasteiger charge is -2.30. The Kier molecular flexibility index (Phi) is 8.64. The molecule has 6 N–H and O–H groups in total. The predicted molar refractivity (Wildman–Crippen MR) is 144 cm³/mol. The summed E-state index contributed by atoms with van der Waals surface area (Å²) in [4.78, 5) is 26.3. The lowest BCUT2D eigenvalue weighted by molar-refractivity contribution is -0.120. The fraction of sp³-hybridized carbons (Fsp3) is 0.286. The molecule has 3 atom stereocenters. The van der Waals surface area contributed by atoms with Gasteiger partial charge in [-0.1, -0.05) is 72.8 Å². The molecule has 0 spiro atoms. The molecular weight excluding hydrogens is 472 g/mol. The van der Waals surface area contributed by atoms with Crippen LogP contribution in [0.1, 0.15) is 45.4 Å². The Morgan fingerprint density at radius 3 is 2.19 bits per heavy atom. The minimum Gasteiger partial charge on any atom is -0.492 e. The number of benzene rings is 3. The number of nitrogens with two attached hydrogens (primary N) is 2. The van der Waals surface area contributed by atoms with E-state index in [1.54, 1.807) is 6.07 Å². The molecule has 1 unspecified atom stereocenters. The lowest BCUT2D eigenvalue weighted by atomic mass is 9.84. The number of thiol groups is 1. The summed E-state index contributed by atoms with van der Waals surface area (Å²) in [5, 5.41) is 6.37. The first-order valence-electron chi connectivity index (χ1n) is 12.0. The van der Waals surface area contributed by atoms with Crippen molar-refractivity contribution in [2.75, 3.05) is 18.9 Å². The molecule has 0 saturated heterocycles. The van der Waals surface area contributed by atoms with E-state index in [4.69, 9.17) is 16.2 Å². The van der Waals surface area contributed by atoms with E-state index in [2.05, 4.69) is 23.3 Å². The second-order valence-corrected chi connectivity index (χ2v) is 9.28. The van der Waals surface area contributed by atoms with Crippen LogP contribution in [-0.2, 0) is 4.79 Å². The van der Waals surface area contributed by atoms with Crippen molar-refractivity contribution < 1.29 is 14.3 Å². The zero-order chi connectivity index (χ0) is 25.5. The molecule has 8 heteroatoms. The molecule has 1 aliphatic heterocycles. The quantitative estimate of drug-likeness (QED) is 0.272. The Bertz CT molecular complexity index is 1140. The molecule has 0 aliphatic carbocycles. The molecular formula is C28H32N4O3S. The van der Waals surface area contributed by atoms with Crippen LogP contribution in [0.25, 0.3) is 0 Å². The highest BCUT2D eigenvalue weighted by atomic mass is 32.1. The van der Waals surface area contributed by atoms with Crippen LogP contribution in [0.4, 0.5) is 0 Å². The number of hydrogen-bond donors (Lipinski definition) is 5. The van der Waals surface area contributed by atoms with Crippen molar-refractivity contribution in [3.8, 4) is 5.75 Å². The van der Waals surface area contributed by atoms with Gasteiger partial charge < -0.3 is 26.8 Å². The van der Waals surface area contributed by atoms with Gasteiger partial charge in [0, 0.05) is 42.3 Å². The summed E-state index contributed by atoms with van der Waals surface area (Å²) in [6.45, 7) is 1.06. The van der Waals surface area contributed by atoms with Crippen molar-refractivity contribution in [1.29, 1.82) is 0 Å². The number of rotatable bonds is 10. The second kappa shape index (κ2) is 12.1. The Morgan fingerprint density at radius 2 is 1.61 bits per heavy atom. The fourth-order valence-electron chi connectivity index (χ4n) is 4.61. The Balaban J connectivity index is 1.64. The highest BCUT2D eigenvalue weighted by Gasteiger charge is 2.33. The van der Waals surface area contributed by atoms with E-state index < -0.39 is 23.8 Å². The van der Waals surface area contributed by atoms with E-state index in [-0.39, 0.29) is 12.1 Å². The number of hydrogen-bond acceptors (Lipinski definition) is 6. The SMILES string of the molecule is NC(=O)[C@@H](NC(=O)c1cccc2c1OCCC2NC[C@@H](N)CS)C(c1ccccc1)c1ccccc1. The van der Waals surface area contributed by atoms with E-state index in [1.165, 1.54) is 0 Å². The van der Waals surface area contributed by atoms with Gasteiger partial charge in [0.25, 0.3) is 5.91 Å². The molecule has 7 nitrogen and oxygen atoms in total. The third-order valence-corrected chi connectivity index (χ3v) is 6.89. The highest BCUT2D eigenvalue weighted by molar-refractivity contribution is 7.80. The fourth-order valence-corrected chi connectivity index (χ4v) is 4.74. The van der Waals surface area contributed by atoms with Crippen molar-refractivity contribution in [3.63, 3.8) is 0 Å². The van der Waals surface area contributed by atoms with Gasteiger partial charge in [0.05, 0.1) is 12.2 Å². The van der Waals surface area contributed by atoms with E-state index in [1.807, 2.05) is 72.8 Å². The number of carbonyl (C=O) groups is 2. The van der Waals surface area contributed by atoms with Gasteiger partial charge in [-0.15, -0.1) is 0 Å². The average Bonchev–Trinajstić information content (AvgIpc) is 2.92. The van der Waals surface area contributed by atoms with Crippen molar-refractivity contribution in [2.24, 2.45) is 11.5 Å². The molecule has 3 aromatic rings. The first kappa shape index (κ1) is 25.8. The first-order chi connectivity index (χ1) is 17.5. The minimum absolute atomic E-state index is 0.000701. The normalized spacial score (nSPS) is 16.5. The summed E-state index contributed by atoms with van der Waals surface area (Å²) < 4.78 is 5.95. The van der Waals surface area contributed by atoms with Gasteiger partial charge in [-0.25, -0.2) is 0 Å². The Labute approximate surface area is 217 Å². The summed E-state index contributed by atoms with van der Waals surface area (Å²) in [6, 6.07) is 23.6. The molecule has 1 aliphatic rings. The number of para-hydroxylation sites is 1. The van der Waals surface area contributed by atoms with E-state index in [9.17, 15) is 9.59 Å². The van der Waals surface area contributed by atoms with Crippen LogP contribution in [-0.4, -0.2) is 42.8 Å². The predicted octanol–water partition coefficient (Wildman–Crippen LogP) is 2.77. The summed E-state index contributed by atoms with van der Waals surface area (Å²) in [7, 11) is 0. The van der Waals surface area contributed by atoms with Crippen LogP contribution in [0.3, 0.4) is 0 Å². The largest absolute Gasteiger partial charge is 0.492 e. The molecule has 188 valence electrons. The zero-order valence-corrected chi connectivity index (χ0v) is 20.9. The third kappa shape index (κ3) is 5.90. The average molecular weight is 505 g/mol. The monoisotopic (exact) mass is 504 g/mol. The molecule has 0 saturated carbocycles. The standard InChI is InChI=1S/C28H32N4O3S/c29-20(17-36)16-31-23-14-15-35-26-21(23)12-7-13-22(26)28(34)32-25(27(30)33)24(18-8-3-1-4-9-18)19-10-5-2-6-11-19/h1-13,20,23-25,31,36H,14-17,29H2,(H2,30,33)(H,32,34)/t20-,23?,25+/m1/s1. The number of nitrogens with one attached hydrogen (secondary N) is 2. The Hall–Kier alpha value is -3.33. The highest BCUT2D eigenvalue weighted by Crippen LogP contribution is 2.35. The number of carbonyl (C=O) groups excluding carboxylic acids is 2. The molecule has 36 heavy (non-hydrogen) atoms. The maximum atomic E-state index is 13.6. The zero-order valence-electron chi connectivity index (χ0n) is 20.0. The van der Waals surface area contributed by atoms with Gasteiger partial charge in [0.15, 0.2) is 0 Å². The molecule has 0 fully saturated rings. The van der Waals surface area contributed by atoms with Gasteiger partial charge >= 0.3 is 0 Å². The van der Waals surface area contributed by atoms with E-state index >= 15 is 0 Å². The van der Waals surface area contributed by atoms with Gasteiger partial charge in [-0.05, 0) is 17.2 Å². The maximum absolute atomic E-state index is 13.6. The van der Waals surface area contributed by atoms with E-state index in [0.29, 0.717) is 30.2 Å². The van der Waals surface area contributed by atoms with Crippen molar-refractivity contribution in [2.45, 2.75) is 30.5 Å². The molecule has 3 aromatic carbocycles. The second-order valence-electron chi connectivity index (χ2n) is 8.92. The molecule has 1 heterocycles. The van der Waals surface area contributed by atoms with Gasteiger partial charge in [-0.3, -0.25) is 9.59 Å². The minimum atomic E-state index is -0.968. The van der Waals surface area contributed by atoms with Crippen LogP contribution in [0.5, 0.6) is 5.75 Å². The lowest BCUT2D eigenvalue weighted by Crippen LogP contribution is -2.48. The van der Waals surface area contributed by atoms with Crippen LogP contribution in [0.2, 0.25) is 0 Å². The molecule has 2 amide bonds. The van der Waals surface area contributed by atoms with Crippen molar-refractivity contribution >= 4 is 24.4 Å². The van der Waals surface area contributed by atoms with Crippen molar-refractivity contribution in [1.82, 2.24) is 10.6 Å². The smallest absolute Gasteiger partial charge is 0.255 e. The Morgan fingerprint density at radius 1 is 0.972 bits per heavy atom. The summed E-state index contributed by atoms with van der Waals surface area (Å²) in [5.41, 5.74) is 14.9. The first-order valence-corrected chi connectivity index (χ1v) is 12.7. The molecule has 0 aromatic heterocycles. The maximum Gasteiger partial charge on any atom is 0.255 e. The van der Waals surface area contributed by atoms with Gasteiger partial charge in [-0.2, -0.15) is 12.6 Å². The molecule has 0 bridgehead atoms. The van der Waals surface area contributed by atoms with Crippen LogP contribution in [0.15, 0.2) is 78.9 Å². The summed E-state index contributed by atoms with van der Waals surface area (Å²) >= 11 is 4.25. The van der Waals surface area contributed by atoms with Gasteiger partial charge in [0.1, 0.15) is 11.8 Å². The van der Waals surface area contributed by atoms with Crippen LogP contribution < -0.4 is 26.8 Å². The van der Waals surface area contributed by atoms with Gasteiger partial charge in [0.2, 0.25) is 5.91 Å². The molecule has 4 rings (SSSR count). The third-order valence-electron chi connectivity index (χ3n) is 6.42. The van der Waals surface area contributed by atoms with E-state index in [0.717, 1.165) is 23.1 Å². The molecule has 0 radical (unpaired) electrons. The van der Waals surface area contributed by atoms with Crippen LogP contribution in [0, 0.1) is 0 Å². The number of fused-ring (bicyclic) bond motifs is 1. The number of primary amides is 1. The summed E-state index contributed by atoms with van der Waals surface area (Å²) in [6.07, 6.45) is 0.755. The van der Waals surface area contributed by atoms with Crippen molar-refractivity contribution in [3.05, 3.63) is 101 Å². The summed E-state index contributed by atoms with van der Waals surface area (Å²) in [5.74, 6) is -0.402. The van der Waals surface area contributed by atoms with Crippen LogP contribution >= 0.6 is 12.6 Å². The topological polar surface area (TPSA) is 119 Å². The number of amides is 2.